The molecule has 1 saturated heterocycles. The Labute approximate surface area is 172 Å². The van der Waals surface area contributed by atoms with E-state index < -0.39 is 0 Å². The highest BCUT2D eigenvalue weighted by molar-refractivity contribution is 5.87. The molecule has 3 aromatic rings. The fraction of sp³-hybridized carbons (Fsp3) is 0.375. The van der Waals surface area contributed by atoms with Crippen molar-refractivity contribution in [1.82, 2.24) is 14.8 Å². The van der Waals surface area contributed by atoms with Crippen molar-refractivity contribution >= 4 is 16.8 Å². The number of aryl methyl sites for hydroxylation is 1. The van der Waals surface area contributed by atoms with Crippen LogP contribution >= 0.6 is 0 Å². The monoisotopic (exact) mass is 391 g/mol. The van der Waals surface area contributed by atoms with Gasteiger partial charge in [-0.15, -0.1) is 0 Å². The number of amides is 1. The number of hydrogen-bond acceptors (Lipinski definition) is 3. The zero-order valence-corrected chi connectivity index (χ0v) is 17.1. The van der Waals surface area contributed by atoms with E-state index in [4.69, 9.17) is 4.74 Å². The van der Waals surface area contributed by atoms with E-state index in [1.807, 2.05) is 10.8 Å². The van der Waals surface area contributed by atoms with E-state index in [9.17, 15) is 4.79 Å². The number of nitrogens with one attached hydrogen (secondary N) is 1. The first-order valence-corrected chi connectivity index (χ1v) is 10.4. The van der Waals surface area contributed by atoms with Gasteiger partial charge >= 0.3 is 0 Å². The molecule has 152 valence electrons. The van der Waals surface area contributed by atoms with Crippen molar-refractivity contribution in [3.63, 3.8) is 0 Å². The first-order valence-electron chi connectivity index (χ1n) is 10.4. The molecule has 1 aliphatic rings. The maximum Gasteiger partial charge on any atom is 0.239 e. The summed E-state index contributed by atoms with van der Waals surface area (Å²) in [6, 6.07) is 17.1. The summed E-state index contributed by atoms with van der Waals surface area (Å²) in [7, 11) is 0. The van der Waals surface area contributed by atoms with Crippen LogP contribution in [-0.4, -0.2) is 54.8 Å². The average Bonchev–Trinajstić information content (AvgIpc) is 3.14. The molecule has 1 fully saturated rings. The van der Waals surface area contributed by atoms with Gasteiger partial charge in [0.25, 0.3) is 0 Å². The van der Waals surface area contributed by atoms with E-state index in [1.54, 1.807) is 0 Å². The molecule has 2 aromatic carbocycles. The van der Waals surface area contributed by atoms with Crippen LogP contribution in [-0.2, 0) is 16.1 Å². The minimum atomic E-state index is 0.0604. The largest absolute Gasteiger partial charge is 0.379 e. The van der Waals surface area contributed by atoms with Crippen molar-refractivity contribution < 1.29 is 9.53 Å². The molecule has 4 rings (SSSR count). The predicted molar refractivity (Wildman–Crippen MR) is 117 cm³/mol. The van der Waals surface area contributed by atoms with Crippen LogP contribution in [0.2, 0.25) is 0 Å². The van der Waals surface area contributed by atoms with E-state index in [0.29, 0.717) is 13.1 Å². The van der Waals surface area contributed by atoms with Crippen LogP contribution in [0.3, 0.4) is 0 Å². The van der Waals surface area contributed by atoms with Crippen LogP contribution < -0.4 is 5.32 Å². The molecule has 0 unspecified atom stereocenters. The van der Waals surface area contributed by atoms with Crippen molar-refractivity contribution in [1.29, 1.82) is 0 Å². The fourth-order valence-corrected chi connectivity index (χ4v) is 3.81. The van der Waals surface area contributed by atoms with Gasteiger partial charge in [-0.1, -0.05) is 42.0 Å². The number of ether oxygens (including phenoxy) is 1. The Morgan fingerprint density at radius 1 is 1.03 bits per heavy atom. The Balaban J connectivity index is 1.35. The normalized spacial score (nSPS) is 14.9. The predicted octanol–water partition coefficient (Wildman–Crippen LogP) is 3.46. The van der Waals surface area contributed by atoms with Gasteiger partial charge in [0, 0.05) is 31.3 Å². The Hall–Kier alpha value is -2.63. The summed E-state index contributed by atoms with van der Waals surface area (Å²) in [6.45, 7) is 7.78. The zero-order chi connectivity index (χ0) is 20.1. The van der Waals surface area contributed by atoms with Gasteiger partial charge in [0.1, 0.15) is 6.54 Å². The number of carbonyl (C=O) groups is 1. The number of benzene rings is 2. The Kier molecular flexibility index (Phi) is 6.27. The van der Waals surface area contributed by atoms with Crippen LogP contribution in [0.4, 0.5) is 0 Å². The quantitative estimate of drug-likeness (QED) is 0.628. The lowest BCUT2D eigenvalue weighted by molar-refractivity contribution is -0.121. The summed E-state index contributed by atoms with van der Waals surface area (Å²) in [5, 5.41) is 4.21. The lowest BCUT2D eigenvalue weighted by Crippen LogP contribution is -2.38. The number of nitrogens with zero attached hydrogens (tertiary/aromatic N) is 2. The molecule has 0 bridgehead atoms. The van der Waals surface area contributed by atoms with Crippen molar-refractivity contribution in [2.75, 3.05) is 39.4 Å². The molecule has 1 amide bonds. The molecular weight excluding hydrogens is 362 g/mol. The van der Waals surface area contributed by atoms with Gasteiger partial charge in [-0.25, -0.2) is 0 Å². The minimum absolute atomic E-state index is 0.0604. The molecular formula is C24H29N3O2. The van der Waals surface area contributed by atoms with Crippen molar-refractivity contribution in [3.05, 3.63) is 60.3 Å². The topological polar surface area (TPSA) is 46.5 Å². The molecule has 0 saturated carbocycles. The van der Waals surface area contributed by atoms with Crippen molar-refractivity contribution in [2.45, 2.75) is 19.9 Å². The van der Waals surface area contributed by atoms with E-state index in [1.165, 1.54) is 16.7 Å². The number of fused-ring (bicyclic) bond motifs is 1. The second-order valence-corrected chi connectivity index (χ2v) is 7.74. The molecule has 5 nitrogen and oxygen atoms in total. The molecule has 0 spiro atoms. The zero-order valence-electron chi connectivity index (χ0n) is 17.1. The van der Waals surface area contributed by atoms with Gasteiger partial charge < -0.3 is 14.6 Å². The molecule has 5 heteroatoms. The van der Waals surface area contributed by atoms with E-state index in [-0.39, 0.29) is 5.91 Å². The Bertz CT molecular complexity index is 956. The van der Waals surface area contributed by atoms with Gasteiger partial charge in [0.2, 0.25) is 5.91 Å². The van der Waals surface area contributed by atoms with Crippen LogP contribution in [0, 0.1) is 6.92 Å². The second-order valence-electron chi connectivity index (χ2n) is 7.74. The highest BCUT2D eigenvalue weighted by atomic mass is 16.5. The van der Waals surface area contributed by atoms with E-state index in [2.05, 4.69) is 65.7 Å². The molecule has 0 atom stereocenters. The second kappa shape index (κ2) is 9.25. The Morgan fingerprint density at radius 3 is 2.59 bits per heavy atom. The summed E-state index contributed by atoms with van der Waals surface area (Å²) in [4.78, 5) is 14.8. The number of hydrogen-bond donors (Lipinski definition) is 1. The van der Waals surface area contributed by atoms with Crippen LogP contribution in [0.25, 0.3) is 22.0 Å². The summed E-state index contributed by atoms with van der Waals surface area (Å²) in [6.07, 6.45) is 2.96. The summed E-state index contributed by atoms with van der Waals surface area (Å²) >= 11 is 0. The molecule has 0 radical (unpaired) electrons. The minimum Gasteiger partial charge on any atom is -0.379 e. The van der Waals surface area contributed by atoms with Crippen LogP contribution in [0.15, 0.2) is 54.7 Å². The van der Waals surface area contributed by atoms with Crippen LogP contribution in [0.5, 0.6) is 0 Å². The lowest BCUT2D eigenvalue weighted by atomic mass is 10.0. The molecule has 1 aliphatic heterocycles. The van der Waals surface area contributed by atoms with Gasteiger partial charge in [-0.3, -0.25) is 9.69 Å². The molecule has 2 heterocycles. The van der Waals surface area contributed by atoms with Crippen LogP contribution in [0.1, 0.15) is 12.0 Å². The third-order valence-corrected chi connectivity index (χ3v) is 5.55. The SMILES string of the molecule is Cc1ccc(-c2ccc3ccn(CC(=O)NCCCN4CCOCC4)c3c2)cc1. The van der Waals surface area contributed by atoms with Gasteiger partial charge in [0.15, 0.2) is 0 Å². The molecule has 29 heavy (non-hydrogen) atoms. The summed E-state index contributed by atoms with van der Waals surface area (Å²) < 4.78 is 7.40. The average molecular weight is 392 g/mol. The third kappa shape index (κ3) is 5.05. The van der Waals surface area contributed by atoms with Gasteiger partial charge in [-0.05, 0) is 48.5 Å². The maximum absolute atomic E-state index is 12.4. The van der Waals surface area contributed by atoms with Crippen molar-refractivity contribution in [2.24, 2.45) is 0 Å². The third-order valence-electron chi connectivity index (χ3n) is 5.55. The molecule has 1 aromatic heterocycles. The number of rotatable bonds is 7. The maximum atomic E-state index is 12.4. The first-order chi connectivity index (χ1) is 14.2. The summed E-state index contributed by atoms with van der Waals surface area (Å²) in [5.74, 6) is 0.0604. The smallest absolute Gasteiger partial charge is 0.239 e. The molecule has 1 N–H and O–H groups in total. The standard InChI is InChI=1S/C24H29N3O2/c1-19-3-5-20(6-4-19)22-8-7-21-9-12-27(23(21)17-22)18-24(28)25-10-2-11-26-13-15-29-16-14-26/h3-9,12,17H,2,10-11,13-16,18H2,1H3,(H,25,28). The fourth-order valence-electron chi connectivity index (χ4n) is 3.81. The Morgan fingerprint density at radius 2 is 1.79 bits per heavy atom. The molecule has 0 aliphatic carbocycles. The van der Waals surface area contributed by atoms with E-state index in [0.717, 1.165) is 50.2 Å². The highest BCUT2D eigenvalue weighted by Gasteiger charge is 2.10. The number of aromatic nitrogens is 1. The first kappa shape index (κ1) is 19.7. The van der Waals surface area contributed by atoms with Gasteiger partial charge in [-0.2, -0.15) is 0 Å². The van der Waals surface area contributed by atoms with E-state index >= 15 is 0 Å². The summed E-state index contributed by atoms with van der Waals surface area (Å²) in [5.41, 5.74) is 4.70. The number of carbonyl (C=O) groups excluding carboxylic acids is 1. The van der Waals surface area contributed by atoms with Crippen molar-refractivity contribution in [3.8, 4) is 11.1 Å². The van der Waals surface area contributed by atoms with Gasteiger partial charge in [0.05, 0.1) is 13.2 Å². The lowest BCUT2D eigenvalue weighted by Gasteiger charge is -2.26. The number of morpholine rings is 1. The highest BCUT2D eigenvalue weighted by Crippen LogP contribution is 2.25.